The Kier molecular flexibility index (Phi) is 4.66. The Hall–Kier alpha value is -0.770. The highest BCUT2D eigenvalue weighted by Gasteiger charge is 2.22. The SMILES string of the molecule is CNCCCC(C)(C)C(N)=NO. The van der Waals surface area contributed by atoms with Crippen LogP contribution in [0.5, 0.6) is 0 Å². The predicted molar refractivity (Wildman–Crippen MR) is 50.4 cm³/mol. The number of nitrogens with one attached hydrogen (secondary N) is 1. The first-order valence-corrected chi connectivity index (χ1v) is 4.17. The second-order valence-corrected chi connectivity index (χ2v) is 3.58. The summed E-state index contributed by atoms with van der Waals surface area (Å²) in [6, 6.07) is 0. The number of nitrogens with zero attached hydrogens (tertiary/aromatic N) is 1. The lowest BCUT2D eigenvalue weighted by Gasteiger charge is -2.22. The Morgan fingerprint density at radius 2 is 2.17 bits per heavy atom. The Balaban J connectivity index is 3.87. The molecule has 0 amide bonds. The third kappa shape index (κ3) is 3.57. The fourth-order valence-corrected chi connectivity index (χ4v) is 0.971. The van der Waals surface area contributed by atoms with Crippen LogP contribution in [0, 0.1) is 5.41 Å². The largest absolute Gasteiger partial charge is 0.409 e. The van der Waals surface area contributed by atoms with E-state index in [4.69, 9.17) is 10.9 Å². The molecule has 0 rings (SSSR count). The summed E-state index contributed by atoms with van der Waals surface area (Å²) in [6.07, 6.45) is 1.95. The number of hydrogen-bond acceptors (Lipinski definition) is 3. The summed E-state index contributed by atoms with van der Waals surface area (Å²) >= 11 is 0. The molecule has 4 heteroatoms. The van der Waals surface area contributed by atoms with Crippen molar-refractivity contribution in [3.8, 4) is 0 Å². The molecule has 0 radical (unpaired) electrons. The quantitative estimate of drug-likeness (QED) is 0.189. The summed E-state index contributed by atoms with van der Waals surface area (Å²) in [5.41, 5.74) is 5.31. The zero-order chi connectivity index (χ0) is 9.61. The molecule has 0 spiro atoms. The summed E-state index contributed by atoms with van der Waals surface area (Å²) < 4.78 is 0. The van der Waals surface area contributed by atoms with Crippen molar-refractivity contribution in [3.63, 3.8) is 0 Å². The summed E-state index contributed by atoms with van der Waals surface area (Å²) in [7, 11) is 1.91. The molecule has 0 heterocycles. The van der Waals surface area contributed by atoms with Gasteiger partial charge in [0.25, 0.3) is 0 Å². The van der Waals surface area contributed by atoms with Crippen molar-refractivity contribution >= 4 is 5.84 Å². The number of rotatable bonds is 5. The molecule has 0 aliphatic carbocycles. The zero-order valence-electron chi connectivity index (χ0n) is 8.09. The van der Waals surface area contributed by atoms with Crippen molar-refractivity contribution < 1.29 is 5.21 Å². The third-order valence-electron chi connectivity index (χ3n) is 2.03. The van der Waals surface area contributed by atoms with Gasteiger partial charge in [0.05, 0.1) is 0 Å². The maximum atomic E-state index is 8.47. The van der Waals surface area contributed by atoms with Crippen LogP contribution >= 0.6 is 0 Å². The molecule has 0 saturated carbocycles. The van der Waals surface area contributed by atoms with Gasteiger partial charge in [-0.3, -0.25) is 0 Å². The second-order valence-electron chi connectivity index (χ2n) is 3.58. The first-order valence-electron chi connectivity index (χ1n) is 4.17. The van der Waals surface area contributed by atoms with E-state index in [9.17, 15) is 0 Å². The molecule has 4 nitrogen and oxygen atoms in total. The van der Waals surface area contributed by atoms with Crippen molar-refractivity contribution in [2.24, 2.45) is 16.3 Å². The maximum absolute atomic E-state index is 8.47. The van der Waals surface area contributed by atoms with E-state index in [-0.39, 0.29) is 5.41 Å². The minimum Gasteiger partial charge on any atom is -0.409 e. The Labute approximate surface area is 73.8 Å². The van der Waals surface area contributed by atoms with E-state index in [0.29, 0.717) is 5.84 Å². The van der Waals surface area contributed by atoms with Gasteiger partial charge in [0.15, 0.2) is 0 Å². The van der Waals surface area contributed by atoms with Gasteiger partial charge in [-0.25, -0.2) is 0 Å². The Morgan fingerprint density at radius 3 is 2.58 bits per heavy atom. The fourth-order valence-electron chi connectivity index (χ4n) is 0.971. The molecule has 0 aromatic rings. The monoisotopic (exact) mass is 173 g/mol. The van der Waals surface area contributed by atoms with Crippen molar-refractivity contribution in [1.29, 1.82) is 0 Å². The Bertz CT molecular complexity index is 154. The van der Waals surface area contributed by atoms with Gasteiger partial charge in [0, 0.05) is 5.41 Å². The van der Waals surface area contributed by atoms with E-state index in [2.05, 4.69) is 10.5 Å². The molecule has 0 aromatic carbocycles. The smallest absolute Gasteiger partial charge is 0.144 e. The average Bonchev–Trinajstić information content (AvgIpc) is 2.03. The molecule has 0 fully saturated rings. The highest BCUT2D eigenvalue weighted by atomic mass is 16.4. The van der Waals surface area contributed by atoms with E-state index in [1.54, 1.807) is 0 Å². The summed E-state index contributed by atoms with van der Waals surface area (Å²) in [4.78, 5) is 0. The van der Waals surface area contributed by atoms with Crippen LogP contribution in [-0.4, -0.2) is 24.6 Å². The molecule has 72 valence electrons. The molecular formula is C8H19N3O. The second kappa shape index (κ2) is 4.98. The summed E-state index contributed by atoms with van der Waals surface area (Å²) in [5.74, 6) is 0.304. The highest BCUT2D eigenvalue weighted by Crippen LogP contribution is 2.21. The van der Waals surface area contributed by atoms with Crippen LogP contribution in [0.4, 0.5) is 0 Å². The fraction of sp³-hybridized carbons (Fsp3) is 0.875. The van der Waals surface area contributed by atoms with Gasteiger partial charge in [-0.1, -0.05) is 19.0 Å². The minimum absolute atomic E-state index is 0.203. The number of nitrogens with two attached hydrogens (primary N) is 1. The minimum atomic E-state index is -0.203. The molecule has 0 saturated heterocycles. The van der Waals surface area contributed by atoms with Gasteiger partial charge in [-0.2, -0.15) is 0 Å². The number of oxime groups is 1. The van der Waals surface area contributed by atoms with Crippen molar-refractivity contribution in [1.82, 2.24) is 5.32 Å². The molecule has 0 unspecified atom stereocenters. The average molecular weight is 173 g/mol. The highest BCUT2D eigenvalue weighted by molar-refractivity contribution is 5.85. The van der Waals surface area contributed by atoms with E-state index >= 15 is 0 Å². The third-order valence-corrected chi connectivity index (χ3v) is 2.03. The van der Waals surface area contributed by atoms with Crippen molar-refractivity contribution in [3.05, 3.63) is 0 Å². The predicted octanol–water partition coefficient (Wildman–Crippen LogP) is 0.759. The summed E-state index contributed by atoms with van der Waals surface area (Å²) in [5, 5.41) is 14.5. The topological polar surface area (TPSA) is 70.6 Å². The van der Waals surface area contributed by atoms with Crippen LogP contribution in [0.15, 0.2) is 5.16 Å². The van der Waals surface area contributed by atoms with Gasteiger partial charge in [0.1, 0.15) is 5.84 Å². The lowest BCUT2D eigenvalue weighted by molar-refractivity contribution is 0.304. The van der Waals surface area contributed by atoms with E-state index in [0.717, 1.165) is 19.4 Å². The Morgan fingerprint density at radius 1 is 1.58 bits per heavy atom. The molecule has 0 bridgehead atoms. The molecular weight excluding hydrogens is 154 g/mol. The van der Waals surface area contributed by atoms with Crippen LogP contribution in [0.25, 0.3) is 0 Å². The lowest BCUT2D eigenvalue weighted by atomic mass is 9.86. The molecule has 12 heavy (non-hydrogen) atoms. The maximum Gasteiger partial charge on any atom is 0.144 e. The van der Waals surface area contributed by atoms with Gasteiger partial charge in [0.2, 0.25) is 0 Å². The van der Waals surface area contributed by atoms with Crippen LogP contribution in [0.1, 0.15) is 26.7 Å². The molecule has 4 N–H and O–H groups in total. The lowest BCUT2D eigenvalue weighted by Crippen LogP contribution is -2.32. The zero-order valence-corrected chi connectivity index (χ0v) is 8.09. The van der Waals surface area contributed by atoms with Crippen LogP contribution in [-0.2, 0) is 0 Å². The van der Waals surface area contributed by atoms with Crippen LogP contribution in [0.3, 0.4) is 0 Å². The number of hydrogen-bond donors (Lipinski definition) is 3. The molecule has 0 aliphatic heterocycles. The molecule has 0 aromatic heterocycles. The first-order chi connectivity index (χ1) is 5.54. The van der Waals surface area contributed by atoms with E-state index in [1.807, 2.05) is 20.9 Å². The van der Waals surface area contributed by atoms with Gasteiger partial charge < -0.3 is 16.3 Å². The van der Waals surface area contributed by atoms with E-state index in [1.165, 1.54) is 0 Å². The van der Waals surface area contributed by atoms with Gasteiger partial charge >= 0.3 is 0 Å². The van der Waals surface area contributed by atoms with Crippen molar-refractivity contribution in [2.45, 2.75) is 26.7 Å². The molecule has 0 aliphatic rings. The number of amidine groups is 1. The van der Waals surface area contributed by atoms with Gasteiger partial charge in [-0.15, -0.1) is 0 Å². The van der Waals surface area contributed by atoms with Crippen LogP contribution in [0.2, 0.25) is 0 Å². The summed E-state index contributed by atoms with van der Waals surface area (Å²) in [6.45, 7) is 4.90. The van der Waals surface area contributed by atoms with Crippen LogP contribution < -0.4 is 11.1 Å². The van der Waals surface area contributed by atoms with E-state index < -0.39 is 0 Å². The normalized spacial score (nSPS) is 13.4. The standard InChI is InChI=1S/C8H19N3O/c1-8(2,7(9)11-12)5-4-6-10-3/h10,12H,4-6H2,1-3H3,(H2,9,11). The van der Waals surface area contributed by atoms with Crippen molar-refractivity contribution in [2.75, 3.05) is 13.6 Å². The van der Waals surface area contributed by atoms with Gasteiger partial charge in [-0.05, 0) is 26.4 Å². The molecule has 0 atom stereocenters. The first kappa shape index (κ1) is 11.2.